The van der Waals surface area contributed by atoms with Crippen LogP contribution in [0.4, 0.5) is 0 Å². The largest absolute Gasteiger partial charge is 0.439 e. The van der Waals surface area contributed by atoms with Crippen LogP contribution in [-0.4, -0.2) is 4.98 Å². The Morgan fingerprint density at radius 1 is 0.950 bits per heavy atom. The molecule has 2 nitrogen and oxygen atoms in total. The van der Waals surface area contributed by atoms with Crippen LogP contribution in [0, 0.1) is 13.8 Å². The third kappa shape index (κ3) is 2.54. The highest BCUT2D eigenvalue weighted by Gasteiger charge is 2.05. The van der Waals surface area contributed by atoms with Crippen LogP contribution in [0.1, 0.15) is 11.1 Å². The number of pyridine rings is 1. The first-order valence-electron chi connectivity index (χ1n) is 6.44. The van der Waals surface area contributed by atoms with Crippen LogP contribution < -0.4 is 4.74 Å². The summed E-state index contributed by atoms with van der Waals surface area (Å²) in [5, 5.41) is 1.11. The zero-order valence-corrected chi connectivity index (χ0v) is 12.9. The SMILES string of the molecule is Cc1cc(Oc2ccc3ccccc3n2)cc(C)c1Br. The van der Waals surface area contributed by atoms with E-state index in [0.29, 0.717) is 5.88 Å². The number of hydrogen-bond donors (Lipinski definition) is 0. The van der Waals surface area contributed by atoms with Gasteiger partial charge in [-0.1, -0.05) is 34.1 Å². The van der Waals surface area contributed by atoms with Gasteiger partial charge in [-0.2, -0.15) is 0 Å². The van der Waals surface area contributed by atoms with E-state index in [2.05, 4.69) is 34.8 Å². The Bertz CT molecular complexity index is 760. The van der Waals surface area contributed by atoms with Crippen LogP contribution in [0.15, 0.2) is 53.0 Å². The number of rotatable bonds is 2. The average Bonchev–Trinajstić information content (AvgIpc) is 2.44. The molecule has 3 rings (SSSR count). The summed E-state index contributed by atoms with van der Waals surface area (Å²) in [4.78, 5) is 4.52. The molecule has 0 aliphatic rings. The summed E-state index contributed by atoms with van der Waals surface area (Å²) in [6, 6.07) is 16.0. The molecule has 3 heteroatoms. The van der Waals surface area contributed by atoms with E-state index in [4.69, 9.17) is 4.74 Å². The molecule has 0 saturated heterocycles. The molecule has 0 radical (unpaired) electrons. The van der Waals surface area contributed by atoms with E-state index in [9.17, 15) is 0 Å². The van der Waals surface area contributed by atoms with Gasteiger partial charge in [-0.15, -0.1) is 0 Å². The maximum atomic E-state index is 5.87. The van der Waals surface area contributed by atoms with E-state index in [1.165, 1.54) is 0 Å². The predicted octanol–water partition coefficient (Wildman–Crippen LogP) is 5.41. The van der Waals surface area contributed by atoms with Gasteiger partial charge in [0.05, 0.1) is 5.52 Å². The molecule has 0 spiro atoms. The molecule has 3 aromatic rings. The summed E-state index contributed by atoms with van der Waals surface area (Å²) in [7, 11) is 0. The first-order chi connectivity index (χ1) is 9.63. The molecule has 0 amide bonds. The smallest absolute Gasteiger partial charge is 0.219 e. The lowest BCUT2D eigenvalue weighted by molar-refractivity contribution is 0.464. The van der Waals surface area contributed by atoms with E-state index < -0.39 is 0 Å². The number of para-hydroxylation sites is 1. The van der Waals surface area contributed by atoms with Gasteiger partial charge in [-0.05, 0) is 49.2 Å². The molecule has 2 aromatic carbocycles. The summed E-state index contributed by atoms with van der Waals surface area (Å²) in [6.07, 6.45) is 0. The van der Waals surface area contributed by atoms with Crippen molar-refractivity contribution in [1.82, 2.24) is 4.98 Å². The van der Waals surface area contributed by atoms with Crippen molar-refractivity contribution in [1.29, 1.82) is 0 Å². The van der Waals surface area contributed by atoms with Crippen LogP contribution in [0.5, 0.6) is 11.6 Å². The molecule has 0 unspecified atom stereocenters. The van der Waals surface area contributed by atoms with Crippen molar-refractivity contribution in [2.45, 2.75) is 13.8 Å². The van der Waals surface area contributed by atoms with Gasteiger partial charge in [0.2, 0.25) is 5.88 Å². The van der Waals surface area contributed by atoms with Gasteiger partial charge in [-0.3, -0.25) is 0 Å². The number of benzene rings is 2. The fraction of sp³-hybridized carbons (Fsp3) is 0.118. The van der Waals surface area contributed by atoms with Gasteiger partial charge in [-0.25, -0.2) is 4.98 Å². The van der Waals surface area contributed by atoms with Crippen molar-refractivity contribution >= 4 is 26.8 Å². The second kappa shape index (κ2) is 5.25. The Balaban J connectivity index is 1.96. The highest BCUT2D eigenvalue weighted by molar-refractivity contribution is 9.10. The van der Waals surface area contributed by atoms with Crippen molar-refractivity contribution < 1.29 is 4.74 Å². The van der Waals surface area contributed by atoms with Gasteiger partial charge in [0.1, 0.15) is 5.75 Å². The fourth-order valence-corrected chi connectivity index (χ4v) is 2.42. The maximum Gasteiger partial charge on any atom is 0.219 e. The van der Waals surface area contributed by atoms with Gasteiger partial charge in [0, 0.05) is 15.9 Å². The Kier molecular flexibility index (Phi) is 3.45. The molecule has 20 heavy (non-hydrogen) atoms. The average molecular weight is 328 g/mol. The van der Waals surface area contributed by atoms with Crippen LogP contribution >= 0.6 is 15.9 Å². The minimum atomic E-state index is 0.616. The van der Waals surface area contributed by atoms with E-state index >= 15 is 0 Å². The van der Waals surface area contributed by atoms with Gasteiger partial charge in [0.15, 0.2) is 0 Å². The Morgan fingerprint density at radius 2 is 1.65 bits per heavy atom. The lowest BCUT2D eigenvalue weighted by Gasteiger charge is -2.09. The molecule has 0 aliphatic heterocycles. The molecule has 1 aromatic heterocycles. The molecule has 0 aliphatic carbocycles. The highest BCUT2D eigenvalue weighted by atomic mass is 79.9. The maximum absolute atomic E-state index is 5.87. The molecule has 0 atom stereocenters. The lowest BCUT2D eigenvalue weighted by atomic mass is 10.1. The number of nitrogens with zero attached hydrogens (tertiary/aromatic N) is 1. The zero-order valence-electron chi connectivity index (χ0n) is 11.4. The second-order valence-electron chi connectivity index (χ2n) is 4.82. The summed E-state index contributed by atoms with van der Waals surface area (Å²) in [6.45, 7) is 4.11. The van der Waals surface area contributed by atoms with Crippen molar-refractivity contribution in [2.24, 2.45) is 0 Å². The monoisotopic (exact) mass is 327 g/mol. The Morgan fingerprint density at radius 3 is 2.40 bits per heavy atom. The lowest BCUT2D eigenvalue weighted by Crippen LogP contribution is -1.91. The zero-order chi connectivity index (χ0) is 14.1. The van der Waals surface area contributed by atoms with E-state index in [1.807, 2.05) is 48.5 Å². The van der Waals surface area contributed by atoms with Crippen molar-refractivity contribution in [2.75, 3.05) is 0 Å². The minimum absolute atomic E-state index is 0.616. The number of hydrogen-bond acceptors (Lipinski definition) is 2. The minimum Gasteiger partial charge on any atom is -0.439 e. The molecular formula is C17H14BrNO. The summed E-state index contributed by atoms with van der Waals surface area (Å²) in [5.41, 5.74) is 3.25. The highest BCUT2D eigenvalue weighted by Crippen LogP contribution is 2.29. The van der Waals surface area contributed by atoms with E-state index in [1.54, 1.807) is 0 Å². The number of ether oxygens (including phenoxy) is 1. The molecule has 0 bridgehead atoms. The van der Waals surface area contributed by atoms with Crippen molar-refractivity contribution in [3.8, 4) is 11.6 Å². The number of aryl methyl sites for hydroxylation is 2. The Hall–Kier alpha value is -1.87. The van der Waals surface area contributed by atoms with Crippen LogP contribution in [-0.2, 0) is 0 Å². The fourth-order valence-electron chi connectivity index (χ4n) is 2.19. The molecular weight excluding hydrogens is 314 g/mol. The standard InChI is InChI=1S/C17H14BrNO/c1-11-9-14(10-12(2)17(11)18)20-16-8-7-13-5-3-4-6-15(13)19-16/h3-10H,1-2H3. The molecule has 1 heterocycles. The third-order valence-electron chi connectivity index (χ3n) is 3.21. The normalized spacial score (nSPS) is 10.8. The first-order valence-corrected chi connectivity index (χ1v) is 7.23. The third-order valence-corrected chi connectivity index (χ3v) is 4.46. The summed E-state index contributed by atoms with van der Waals surface area (Å²) in [5.74, 6) is 1.43. The van der Waals surface area contributed by atoms with E-state index in [0.717, 1.165) is 32.3 Å². The van der Waals surface area contributed by atoms with Gasteiger partial charge < -0.3 is 4.74 Å². The molecule has 0 N–H and O–H groups in total. The number of aromatic nitrogens is 1. The van der Waals surface area contributed by atoms with Crippen molar-refractivity contribution in [3.05, 3.63) is 64.1 Å². The van der Waals surface area contributed by atoms with Gasteiger partial charge >= 0.3 is 0 Å². The van der Waals surface area contributed by atoms with Gasteiger partial charge in [0.25, 0.3) is 0 Å². The Labute approximate surface area is 126 Å². The van der Waals surface area contributed by atoms with Crippen LogP contribution in [0.25, 0.3) is 10.9 Å². The van der Waals surface area contributed by atoms with Crippen LogP contribution in [0.2, 0.25) is 0 Å². The molecule has 0 fully saturated rings. The topological polar surface area (TPSA) is 22.1 Å². The number of fused-ring (bicyclic) bond motifs is 1. The first kappa shape index (κ1) is 13.1. The van der Waals surface area contributed by atoms with Crippen LogP contribution in [0.3, 0.4) is 0 Å². The summed E-state index contributed by atoms with van der Waals surface area (Å²) >= 11 is 3.56. The number of halogens is 1. The second-order valence-corrected chi connectivity index (χ2v) is 5.61. The summed E-state index contributed by atoms with van der Waals surface area (Å²) < 4.78 is 6.99. The van der Waals surface area contributed by atoms with E-state index in [-0.39, 0.29) is 0 Å². The molecule has 0 saturated carbocycles. The van der Waals surface area contributed by atoms with Crippen molar-refractivity contribution in [3.63, 3.8) is 0 Å². The molecule has 100 valence electrons. The predicted molar refractivity (Wildman–Crippen MR) is 85.4 cm³/mol. The quantitative estimate of drug-likeness (QED) is 0.628.